The van der Waals surface area contributed by atoms with Gasteiger partial charge in [-0.2, -0.15) is 0 Å². The van der Waals surface area contributed by atoms with E-state index in [4.69, 9.17) is 0 Å². The van der Waals surface area contributed by atoms with Crippen LogP contribution >= 0.6 is 11.8 Å². The van der Waals surface area contributed by atoms with Crippen LogP contribution in [-0.2, 0) is 7.05 Å². The van der Waals surface area contributed by atoms with Crippen molar-refractivity contribution in [1.29, 1.82) is 0 Å². The van der Waals surface area contributed by atoms with Gasteiger partial charge in [0.25, 0.3) is 0 Å². The average Bonchev–Trinajstić information content (AvgIpc) is 2.75. The summed E-state index contributed by atoms with van der Waals surface area (Å²) in [6.07, 6.45) is 3.72. The van der Waals surface area contributed by atoms with Crippen molar-refractivity contribution in [3.05, 3.63) is 24.3 Å². The van der Waals surface area contributed by atoms with Crippen LogP contribution in [0.15, 0.2) is 28.6 Å². The second-order valence-corrected chi connectivity index (χ2v) is 5.54. The molecule has 2 aromatic heterocycles. The number of nitrogens with zero attached hydrogens (tertiary/aromatic N) is 4. The van der Waals surface area contributed by atoms with Gasteiger partial charge in [-0.05, 0) is 18.7 Å². The smallest absolute Gasteiger partial charge is 0.174 e. The Labute approximate surface area is 117 Å². The van der Waals surface area contributed by atoms with Crippen LogP contribution in [0.3, 0.4) is 0 Å². The molecule has 0 saturated heterocycles. The molecule has 2 rings (SSSR count). The summed E-state index contributed by atoms with van der Waals surface area (Å²) < 4.78 is 1.98. The third-order valence-electron chi connectivity index (χ3n) is 2.57. The zero-order valence-corrected chi connectivity index (χ0v) is 12.5. The zero-order valence-electron chi connectivity index (χ0n) is 11.7. The van der Waals surface area contributed by atoms with Crippen molar-refractivity contribution < 1.29 is 0 Å². The van der Waals surface area contributed by atoms with Gasteiger partial charge in [-0.3, -0.25) is 0 Å². The van der Waals surface area contributed by atoms with E-state index in [1.165, 1.54) is 0 Å². The third kappa shape index (κ3) is 3.47. The fraction of sp³-hybridized carbons (Fsp3) is 0.462. The maximum Gasteiger partial charge on any atom is 0.174 e. The fourth-order valence-electron chi connectivity index (χ4n) is 1.57. The van der Waals surface area contributed by atoms with Crippen LogP contribution in [0, 0.1) is 0 Å². The first-order valence-electron chi connectivity index (χ1n) is 6.38. The Balaban J connectivity index is 2.31. The molecular weight excluding hydrogens is 258 g/mol. The van der Waals surface area contributed by atoms with Gasteiger partial charge in [-0.1, -0.05) is 13.8 Å². The van der Waals surface area contributed by atoms with E-state index >= 15 is 0 Å². The third-order valence-corrected chi connectivity index (χ3v) is 3.56. The maximum absolute atomic E-state index is 4.59. The number of anilines is 1. The molecule has 0 radical (unpaired) electrons. The van der Waals surface area contributed by atoms with Crippen molar-refractivity contribution in [1.82, 2.24) is 19.5 Å². The predicted molar refractivity (Wildman–Crippen MR) is 77.6 cm³/mol. The normalized spacial score (nSPS) is 11.0. The summed E-state index contributed by atoms with van der Waals surface area (Å²) in [5.41, 5.74) is 0. The number of hydrogen-bond donors (Lipinski definition) is 1. The van der Waals surface area contributed by atoms with Crippen molar-refractivity contribution in [3.63, 3.8) is 0 Å². The lowest BCUT2D eigenvalue weighted by Crippen LogP contribution is -2.05. The monoisotopic (exact) mass is 277 g/mol. The summed E-state index contributed by atoms with van der Waals surface area (Å²) in [7, 11) is 1.98. The summed E-state index contributed by atoms with van der Waals surface area (Å²) >= 11 is 1.55. The van der Waals surface area contributed by atoms with Crippen molar-refractivity contribution in [2.24, 2.45) is 7.05 Å². The highest BCUT2D eigenvalue weighted by atomic mass is 32.2. The highest BCUT2D eigenvalue weighted by Crippen LogP contribution is 2.27. The number of rotatable bonds is 5. The van der Waals surface area contributed by atoms with E-state index in [-0.39, 0.29) is 0 Å². The number of aryl methyl sites for hydroxylation is 1. The molecule has 0 fully saturated rings. The Morgan fingerprint density at radius 3 is 2.74 bits per heavy atom. The topological polar surface area (TPSA) is 55.6 Å². The van der Waals surface area contributed by atoms with Gasteiger partial charge in [0.05, 0.1) is 0 Å². The minimum Gasteiger partial charge on any atom is -0.370 e. The predicted octanol–water partition coefficient (Wildman–Crippen LogP) is 2.92. The fourth-order valence-corrected chi connectivity index (χ4v) is 2.38. The van der Waals surface area contributed by atoms with Gasteiger partial charge in [0.1, 0.15) is 16.7 Å². The van der Waals surface area contributed by atoms with Crippen LogP contribution in [-0.4, -0.2) is 26.1 Å². The molecule has 0 aliphatic carbocycles. The molecule has 0 aromatic carbocycles. The van der Waals surface area contributed by atoms with E-state index in [0.29, 0.717) is 5.92 Å². The minimum absolute atomic E-state index is 0.305. The molecule has 102 valence electrons. The van der Waals surface area contributed by atoms with E-state index in [9.17, 15) is 0 Å². The molecule has 2 heterocycles. The summed E-state index contributed by atoms with van der Waals surface area (Å²) in [5.74, 6) is 2.03. The van der Waals surface area contributed by atoms with Gasteiger partial charge in [0.2, 0.25) is 0 Å². The standard InChI is InChI=1S/C13H19N5S/c1-5-14-10-8-11(17-12(16-10)9(2)3)19-13-15-6-7-18(13)4/h6-9H,5H2,1-4H3,(H,14,16,17). The van der Waals surface area contributed by atoms with Crippen LogP contribution in [0.25, 0.3) is 0 Å². The lowest BCUT2D eigenvalue weighted by atomic mass is 10.2. The van der Waals surface area contributed by atoms with Crippen molar-refractivity contribution in [2.75, 3.05) is 11.9 Å². The lowest BCUT2D eigenvalue weighted by Gasteiger charge is -2.10. The van der Waals surface area contributed by atoms with Crippen LogP contribution < -0.4 is 5.32 Å². The molecule has 6 heteroatoms. The molecule has 0 amide bonds. The Kier molecular flexibility index (Phi) is 4.42. The highest BCUT2D eigenvalue weighted by Gasteiger charge is 2.10. The van der Waals surface area contributed by atoms with E-state index < -0.39 is 0 Å². The van der Waals surface area contributed by atoms with Gasteiger partial charge in [-0.15, -0.1) is 0 Å². The van der Waals surface area contributed by atoms with Gasteiger partial charge >= 0.3 is 0 Å². The molecule has 0 bridgehead atoms. The molecule has 0 aliphatic rings. The number of nitrogens with one attached hydrogen (secondary N) is 1. The van der Waals surface area contributed by atoms with E-state index in [2.05, 4.69) is 41.0 Å². The average molecular weight is 277 g/mol. The molecule has 0 spiro atoms. The molecule has 0 aliphatic heterocycles. The minimum atomic E-state index is 0.305. The Hall–Kier alpha value is -1.56. The molecule has 0 unspecified atom stereocenters. The van der Waals surface area contributed by atoms with Crippen LogP contribution in [0.2, 0.25) is 0 Å². The Morgan fingerprint density at radius 2 is 2.16 bits per heavy atom. The highest BCUT2D eigenvalue weighted by molar-refractivity contribution is 7.99. The van der Waals surface area contributed by atoms with E-state index in [1.54, 1.807) is 18.0 Å². The van der Waals surface area contributed by atoms with Crippen molar-refractivity contribution in [3.8, 4) is 0 Å². The van der Waals surface area contributed by atoms with E-state index in [0.717, 1.165) is 28.4 Å². The molecule has 19 heavy (non-hydrogen) atoms. The van der Waals surface area contributed by atoms with Gasteiger partial charge < -0.3 is 9.88 Å². The second-order valence-electron chi connectivity index (χ2n) is 4.56. The number of hydrogen-bond acceptors (Lipinski definition) is 5. The quantitative estimate of drug-likeness (QED) is 0.852. The van der Waals surface area contributed by atoms with Gasteiger partial charge in [0.15, 0.2) is 5.16 Å². The second kappa shape index (κ2) is 6.06. The molecular formula is C13H19N5S. The number of aromatic nitrogens is 4. The summed E-state index contributed by atoms with van der Waals surface area (Å²) in [5, 5.41) is 5.09. The van der Waals surface area contributed by atoms with E-state index in [1.807, 2.05) is 23.9 Å². The first-order chi connectivity index (χ1) is 9.10. The summed E-state index contributed by atoms with van der Waals surface area (Å²) in [6, 6.07) is 1.97. The van der Waals surface area contributed by atoms with Crippen LogP contribution in [0.4, 0.5) is 5.82 Å². The SMILES string of the molecule is CCNc1cc(Sc2nccn2C)nc(C(C)C)n1. The Bertz CT molecular complexity index is 550. The summed E-state index contributed by atoms with van der Waals surface area (Å²) in [4.78, 5) is 13.4. The van der Waals surface area contributed by atoms with Crippen molar-refractivity contribution in [2.45, 2.75) is 36.9 Å². The maximum atomic E-state index is 4.59. The summed E-state index contributed by atoms with van der Waals surface area (Å²) in [6.45, 7) is 7.10. The first kappa shape index (κ1) is 13.9. The lowest BCUT2D eigenvalue weighted by molar-refractivity contribution is 0.750. The van der Waals surface area contributed by atoms with Crippen LogP contribution in [0.5, 0.6) is 0 Å². The molecule has 1 N–H and O–H groups in total. The molecule has 0 saturated carbocycles. The van der Waals surface area contributed by atoms with Crippen molar-refractivity contribution >= 4 is 17.6 Å². The van der Waals surface area contributed by atoms with Gasteiger partial charge in [-0.25, -0.2) is 15.0 Å². The molecule has 2 aromatic rings. The van der Waals surface area contributed by atoms with Gasteiger partial charge in [0, 0.05) is 38.0 Å². The number of imidazole rings is 1. The Morgan fingerprint density at radius 1 is 1.37 bits per heavy atom. The van der Waals surface area contributed by atoms with Crippen LogP contribution in [0.1, 0.15) is 32.5 Å². The first-order valence-corrected chi connectivity index (χ1v) is 7.19. The molecule has 5 nitrogen and oxygen atoms in total. The largest absolute Gasteiger partial charge is 0.370 e. The zero-order chi connectivity index (χ0) is 13.8. The molecule has 0 atom stereocenters.